The molecule has 1 heterocycles. The van der Waals surface area contributed by atoms with Crippen LogP contribution in [0.1, 0.15) is 38.2 Å². The quantitative estimate of drug-likeness (QED) is 0.446. The number of rotatable bonds is 4. The average molecular weight is 425 g/mol. The van der Waals surface area contributed by atoms with Crippen molar-refractivity contribution in [3.63, 3.8) is 0 Å². The molecule has 0 radical (unpaired) electrons. The Bertz CT molecular complexity index is 525. The van der Waals surface area contributed by atoms with E-state index < -0.39 is 0 Å². The number of benzene rings is 1. The summed E-state index contributed by atoms with van der Waals surface area (Å²) in [6, 6.07) is 10.6. The van der Waals surface area contributed by atoms with Gasteiger partial charge in [0.25, 0.3) is 0 Å². The fourth-order valence-corrected chi connectivity index (χ4v) is 2.88. The molecule has 1 saturated carbocycles. The first-order chi connectivity index (χ1) is 10.8. The molecule has 1 aliphatic heterocycles. The van der Waals surface area contributed by atoms with Crippen LogP contribution in [0.2, 0.25) is 0 Å². The van der Waals surface area contributed by atoms with Gasteiger partial charge < -0.3 is 10.2 Å². The molecule has 0 spiro atoms. The van der Waals surface area contributed by atoms with Gasteiger partial charge in [-0.3, -0.25) is 4.99 Å². The van der Waals surface area contributed by atoms with E-state index in [1.807, 2.05) is 0 Å². The second-order valence-corrected chi connectivity index (χ2v) is 6.34. The Morgan fingerprint density at radius 1 is 1.22 bits per heavy atom. The second kappa shape index (κ2) is 9.30. The van der Waals surface area contributed by atoms with Crippen molar-refractivity contribution in [1.82, 2.24) is 10.2 Å². The van der Waals surface area contributed by atoms with E-state index in [2.05, 4.69) is 53.5 Å². The van der Waals surface area contributed by atoms with Gasteiger partial charge in [-0.15, -0.1) is 24.0 Å². The largest absolute Gasteiger partial charge is 0.357 e. The maximum Gasteiger partial charge on any atom is 0.193 e. The summed E-state index contributed by atoms with van der Waals surface area (Å²) in [5.74, 6) is 1.97. The van der Waals surface area contributed by atoms with Crippen LogP contribution >= 0.6 is 24.0 Å². The van der Waals surface area contributed by atoms with E-state index in [0.717, 1.165) is 50.9 Å². The summed E-state index contributed by atoms with van der Waals surface area (Å²) in [6.45, 7) is 6.26. The van der Waals surface area contributed by atoms with Crippen molar-refractivity contribution >= 4 is 36.0 Å². The third kappa shape index (κ3) is 5.83. The number of nitrogens with one attached hydrogen (secondary N) is 1. The SMILES string of the molecule is CCNC(=NCC1CC1)N1CCC(=Cc2ccccc2)CC1.I. The molecule has 3 rings (SSSR count). The average Bonchev–Trinajstić information content (AvgIpc) is 3.38. The molecule has 1 N–H and O–H groups in total. The van der Waals surface area contributed by atoms with E-state index in [1.54, 1.807) is 5.57 Å². The van der Waals surface area contributed by atoms with E-state index in [1.165, 1.54) is 18.4 Å². The zero-order chi connectivity index (χ0) is 15.2. The van der Waals surface area contributed by atoms with E-state index in [4.69, 9.17) is 4.99 Å². The molecule has 2 aliphatic rings. The van der Waals surface area contributed by atoms with Gasteiger partial charge in [-0.1, -0.05) is 42.0 Å². The molecule has 1 saturated heterocycles. The molecule has 3 nitrogen and oxygen atoms in total. The fourth-order valence-electron chi connectivity index (χ4n) is 2.88. The van der Waals surface area contributed by atoms with Crippen LogP contribution in [0, 0.1) is 5.92 Å². The molecule has 126 valence electrons. The fraction of sp³-hybridized carbons (Fsp3) is 0.526. The molecule has 2 fully saturated rings. The monoisotopic (exact) mass is 425 g/mol. The first kappa shape index (κ1) is 18.3. The third-order valence-electron chi connectivity index (χ3n) is 4.41. The van der Waals surface area contributed by atoms with E-state index in [9.17, 15) is 0 Å². The van der Waals surface area contributed by atoms with E-state index in [-0.39, 0.29) is 24.0 Å². The molecule has 1 aliphatic carbocycles. The Hall–Kier alpha value is -1.04. The van der Waals surface area contributed by atoms with Crippen LogP contribution in [0.5, 0.6) is 0 Å². The zero-order valence-corrected chi connectivity index (χ0v) is 16.3. The van der Waals surface area contributed by atoms with Crippen LogP contribution in [0.15, 0.2) is 40.9 Å². The number of piperidine rings is 1. The minimum Gasteiger partial charge on any atom is -0.357 e. The lowest BCUT2D eigenvalue weighted by atomic mass is 10.0. The van der Waals surface area contributed by atoms with Crippen LogP contribution in [0.3, 0.4) is 0 Å². The van der Waals surface area contributed by atoms with Gasteiger partial charge in [-0.25, -0.2) is 0 Å². The number of guanidine groups is 1. The first-order valence-corrected chi connectivity index (χ1v) is 8.63. The molecule has 0 atom stereocenters. The van der Waals surface area contributed by atoms with Crippen LogP contribution in [-0.2, 0) is 0 Å². The molecular formula is C19H28IN3. The summed E-state index contributed by atoms with van der Waals surface area (Å²) in [5.41, 5.74) is 2.88. The minimum absolute atomic E-state index is 0. The molecule has 4 heteroatoms. The lowest BCUT2D eigenvalue weighted by Gasteiger charge is -2.31. The Balaban J connectivity index is 0.00000192. The van der Waals surface area contributed by atoms with Gasteiger partial charge in [0.2, 0.25) is 0 Å². The molecule has 0 aromatic heterocycles. The highest BCUT2D eigenvalue weighted by molar-refractivity contribution is 14.0. The molecule has 0 unspecified atom stereocenters. The standard InChI is InChI=1S/C19H27N3.HI/c1-2-20-19(21-15-18-8-9-18)22-12-10-17(11-13-22)14-16-6-4-3-5-7-16;/h3-7,14,18H,2,8-13,15H2,1H3,(H,20,21);1H. The maximum absolute atomic E-state index is 4.82. The first-order valence-electron chi connectivity index (χ1n) is 8.63. The number of halogens is 1. The Morgan fingerprint density at radius 2 is 1.91 bits per heavy atom. The predicted octanol–water partition coefficient (Wildman–Crippen LogP) is 4.16. The number of likely N-dealkylation sites (tertiary alicyclic amines) is 1. The summed E-state index contributed by atoms with van der Waals surface area (Å²) in [6.07, 6.45) is 7.37. The van der Waals surface area contributed by atoms with E-state index in [0.29, 0.717) is 0 Å². The molecule has 0 bridgehead atoms. The van der Waals surface area contributed by atoms with Crippen molar-refractivity contribution in [1.29, 1.82) is 0 Å². The normalized spacial score (nSPS) is 18.4. The highest BCUT2D eigenvalue weighted by atomic mass is 127. The van der Waals surface area contributed by atoms with Crippen LogP contribution in [0.25, 0.3) is 6.08 Å². The minimum atomic E-state index is 0. The number of hydrogen-bond acceptors (Lipinski definition) is 1. The van der Waals surface area contributed by atoms with Crippen molar-refractivity contribution in [3.05, 3.63) is 41.5 Å². The van der Waals surface area contributed by atoms with Gasteiger partial charge in [-0.2, -0.15) is 0 Å². The van der Waals surface area contributed by atoms with Gasteiger partial charge in [0.15, 0.2) is 5.96 Å². The summed E-state index contributed by atoms with van der Waals surface area (Å²) < 4.78 is 0. The summed E-state index contributed by atoms with van der Waals surface area (Å²) >= 11 is 0. The smallest absolute Gasteiger partial charge is 0.193 e. The van der Waals surface area contributed by atoms with Gasteiger partial charge in [-0.05, 0) is 44.1 Å². The molecule has 1 aromatic rings. The number of aliphatic imine (C=N–C) groups is 1. The van der Waals surface area contributed by atoms with Gasteiger partial charge in [0, 0.05) is 26.2 Å². The molecule has 23 heavy (non-hydrogen) atoms. The molecule has 0 amide bonds. The van der Waals surface area contributed by atoms with E-state index >= 15 is 0 Å². The van der Waals surface area contributed by atoms with Crippen molar-refractivity contribution in [2.75, 3.05) is 26.2 Å². The highest BCUT2D eigenvalue weighted by Crippen LogP contribution is 2.29. The van der Waals surface area contributed by atoms with Gasteiger partial charge in [0.05, 0.1) is 0 Å². The molecular weight excluding hydrogens is 397 g/mol. The second-order valence-electron chi connectivity index (χ2n) is 6.34. The van der Waals surface area contributed by atoms with Crippen molar-refractivity contribution < 1.29 is 0 Å². The zero-order valence-electron chi connectivity index (χ0n) is 14.0. The van der Waals surface area contributed by atoms with Gasteiger partial charge in [0.1, 0.15) is 0 Å². The van der Waals surface area contributed by atoms with Crippen molar-refractivity contribution in [3.8, 4) is 0 Å². The van der Waals surface area contributed by atoms with Crippen LogP contribution in [0.4, 0.5) is 0 Å². The summed E-state index contributed by atoms with van der Waals surface area (Å²) in [7, 11) is 0. The van der Waals surface area contributed by atoms with Crippen LogP contribution < -0.4 is 5.32 Å². The highest BCUT2D eigenvalue weighted by Gasteiger charge is 2.22. The predicted molar refractivity (Wildman–Crippen MR) is 109 cm³/mol. The Labute approximate surface area is 157 Å². The lowest BCUT2D eigenvalue weighted by molar-refractivity contribution is 0.375. The summed E-state index contributed by atoms with van der Waals surface area (Å²) in [5, 5.41) is 3.46. The summed E-state index contributed by atoms with van der Waals surface area (Å²) in [4.78, 5) is 7.24. The number of nitrogens with zero attached hydrogens (tertiary/aromatic N) is 2. The van der Waals surface area contributed by atoms with Crippen molar-refractivity contribution in [2.24, 2.45) is 10.9 Å². The molecule has 1 aromatic carbocycles. The lowest BCUT2D eigenvalue weighted by Crippen LogP contribution is -2.44. The maximum atomic E-state index is 4.82. The topological polar surface area (TPSA) is 27.6 Å². The Kier molecular flexibility index (Phi) is 7.40. The Morgan fingerprint density at radius 3 is 2.52 bits per heavy atom. The third-order valence-corrected chi connectivity index (χ3v) is 4.41. The van der Waals surface area contributed by atoms with Crippen molar-refractivity contribution in [2.45, 2.75) is 32.6 Å². The van der Waals surface area contributed by atoms with Gasteiger partial charge >= 0.3 is 0 Å². The van der Waals surface area contributed by atoms with Crippen LogP contribution in [-0.4, -0.2) is 37.0 Å². The number of hydrogen-bond donors (Lipinski definition) is 1.